The van der Waals surface area contributed by atoms with E-state index in [1.807, 2.05) is 91.9 Å². The molecule has 0 fully saturated rings. The molecule has 0 aliphatic carbocycles. The first-order valence-corrected chi connectivity index (χ1v) is 14.1. The highest BCUT2D eigenvalue weighted by Gasteiger charge is 2.34. The van der Waals surface area contributed by atoms with Crippen molar-refractivity contribution in [1.29, 1.82) is 0 Å². The lowest BCUT2D eigenvalue weighted by molar-refractivity contribution is 0.375. The van der Waals surface area contributed by atoms with Gasteiger partial charge >= 0.3 is 0 Å². The minimum atomic E-state index is -0.206. The van der Waals surface area contributed by atoms with Gasteiger partial charge in [0.2, 0.25) is 0 Å². The number of benzene rings is 4. The number of rotatable bonds is 5. The molecule has 0 spiro atoms. The van der Waals surface area contributed by atoms with Gasteiger partial charge in [-0.25, -0.2) is 5.01 Å². The smallest absolute Gasteiger partial charge is 0.258 e. The molecule has 0 saturated heterocycles. The molecule has 6 nitrogen and oxygen atoms in total. The lowest BCUT2D eigenvalue weighted by Crippen LogP contribution is -2.31. The lowest BCUT2D eigenvalue weighted by atomic mass is 9.91. The van der Waals surface area contributed by atoms with E-state index in [-0.39, 0.29) is 11.6 Å². The molecule has 0 amide bonds. The predicted molar refractivity (Wildman–Crippen MR) is 174 cm³/mol. The van der Waals surface area contributed by atoms with E-state index in [1.165, 1.54) is 0 Å². The second-order valence-corrected chi connectivity index (χ2v) is 11.0. The SMILES string of the molecule is CN(C)c1ccc([C@H]2CC(c3c(-c4ccccc4)c4cc(Cl)ccc4[nH]c3=O)=NN2C(=S)Nc2ccccc2)cc1. The number of hydrazone groups is 1. The van der Waals surface area contributed by atoms with Gasteiger partial charge in [0.25, 0.3) is 5.56 Å². The van der Waals surface area contributed by atoms with Crippen LogP contribution in [0, 0.1) is 0 Å². The van der Waals surface area contributed by atoms with E-state index in [0.29, 0.717) is 27.8 Å². The quantitative estimate of drug-likeness (QED) is 0.212. The van der Waals surface area contributed by atoms with Gasteiger partial charge < -0.3 is 15.2 Å². The van der Waals surface area contributed by atoms with Crippen molar-refractivity contribution in [3.8, 4) is 11.1 Å². The van der Waals surface area contributed by atoms with Crippen molar-refractivity contribution in [3.63, 3.8) is 0 Å². The number of fused-ring (bicyclic) bond motifs is 1. The largest absolute Gasteiger partial charge is 0.378 e. The second-order valence-electron chi connectivity index (χ2n) is 10.2. The zero-order valence-corrected chi connectivity index (χ0v) is 24.2. The van der Waals surface area contributed by atoms with E-state index in [4.69, 9.17) is 28.9 Å². The predicted octanol–water partition coefficient (Wildman–Crippen LogP) is 7.46. The zero-order valence-electron chi connectivity index (χ0n) is 22.6. The third-order valence-electron chi connectivity index (χ3n) is 7.27. The van der Waals surface area contributed by atoms with Gasteiger partial charge in [-0.05, 0) is 65.8 Å². The number of halogens is 1. The summed E-state index contributed by atoms with van der Waals surface area (Å²) in [6.07, 6.45) is 0.493. The average molecular weight is 578 g/mol. The van der Waals surface area contributed by atoms with Gasteiger partial charge in [-0.1, -0.05) is 72.3 Å². The molecule has 1 aliphatic heterocycles. The Morgan fingerprint density at radius 2 is 1.63 bits per heavy atom. The normalized spacial score (nSPS) is 14.7. The van der Waals surface area contributed by atoms with Crippen molar-refractivity contribution in [1.82, 2.24) is 9.99 Å². The lowest BCUT2D eigenvalue weighted by Gasteiger charge is -2.25. The number of H-pyrrole nitrogens is 1. The topological polar surface area (TPSA) is 63.7 Å². The number of anilines is 2. The summed E-state index contributed by atoms with van der Waals surface area (Å²) < 4.78 is 0. The Balaban J connectivity index is 1.51. The van der Waals surface area contributed by atoms with Crippen LogP contribution in [0.25, 0.3) is 22.0 Å². The molecule has 0 unspecified atom stereocenters. The van der Waals surface area contributed by atoms with E-state index in [0.717, 1.165) is 39.0 Å². The van der Waals surface area contributed by atoms with E-state index in [2.05, 4.69) is 39.5 Å². The van der Waals surface area contributed by atoms with E-state index >= 15 is 0 Å². The highest BCUT2D eigenvalue weighted by atomic mass is 35.5. The summed E-state index contributed by atoms with van der Waals surface area (Å²) >= 11 is 12.3. The third kappa shape index (κ3) is 5.34. The minimum absolute atomic E-state index is 0.206. The number of hydrogen-bond acceptors (Lipinski definition) is 4. The van der Waals surface area contributed by atoms with Crippen LogP contribution in [0.15, 0.2) is 113 Å². The molecule has 41 heavy (non-hydrogen) atoms. The highest BCUT2D eigenvalue weighted by Crippen LogP contribution is 2.38. The fourth-order valence-electron chi connectivity index (χ4n) is 5.25. The van der Waals surface area contributed by atoms with Crippen LogP contribution in [0.2, 0.25) is 5.02 Å². The maximum atomic E-state index is 13.8. The standard InChI is InChI=1S/C33H28ClN5OS/c1-38(2)25-16-13-21(14-17-25)29-20-28(37-39(29)33(41)35-24-11-7-4-8-12-24)31-30(22-9-5-3-6-10-22)26-19-23(34)15-18-27(26)36-32(31)40/h3-19,29H,20H2,1-2H3,(H,35,41)(H,36,40)/t29-/m1/s1. The van der Waals surface area contributed by atoms with Crippen LogP contribution < -0.4 is 15.8 Å². The van der Waals surface area contributed by atoms with Crippen molar-refractivity contribution in [2.75, 3.05) is 24.3 Å². The summed E-state index contributed by atoms with van der Waals surface area (Å²) in [7, 11) is 4.03. The first-order valence-electron chi connectivity index (χ1n) is 13.3. The molecule has 6 rings (SSSR count). The molecular formula is C33H28ClN5OS. The van der Waals surface area contributed by atoms with Gasteiger partial charge in [0.05, 0.1) is 17.3 Å². The van der Waals surface area contributed by atoms with Gasteiger partial charge in [0.15, 0.2) is 5.11 Å². The van der Waals surface area contributed by atoms with Crippen LogP contribution in [0.5, 0.6) is 0 Å². The van der Waals surface area contributed by atoms with Gasteiger partial charge in [0, 0.05) is 53.4 Å². The molecule has 0 saturated carbocycles. The zero-order chi connectivity index (χ0) is 28.5. The molecular weight excluding hydrogens is 550 g/mol. The molecule has 8 heteroatoms. The van der Waals surface area contributed by atoms with Crippen LogP contribution in [0.3, 0.4) is 0 Å². The molecule has 0 bridgehead atoms. The maximum Gasteiger partial charge on any atom is 0.258 e. The van der Waals surface area contributed by atoms with E-state index in [1.54, 1.807) is 6.07 Å². The van der Waals surface area contributed by atoms with Crippen molar-refractivity contribution in [2.45, 2.75) is 12.5 Å². The first-order chi connectivity index (χ1) is 19.9. The van der Waals surface area contributed by atoms with Crippen molar-refractivity contribution < 1.29 is 0 Å². The maximum absolute atomic E-state index is 13.8. The van der Waals surface area contributed by atoms with Crippen LogP contribution in [0.1, 0.15) is 23.6 Å². The molecule has 204 valence electrons. The summed E-state index contributed by atoms with van der Waals surface area (Å²) in [6.45, 7) is 0. The highest BCUT2D eigenvalue weighted by molar-refractivity contribution is 7.80. The van der Waals surface area contributed by atoms with Crippen LogP contribution in [-0.2, 0) is 0 Å². The molecule has 2 heterocycles. The summed E-state index contributed by atoms with van der Waals surface area (Å²) in [5.74, 6) is 0. The Morgan fingerprint density at radius 1 is 0.951 bits per heavy atom. The van der Waals surface area contributed by atoms with E-state index in [9.17, 15) is 4.79 Å². The van der Waals surface area contributed by atoms with Crippen molar-refractivity contribution >= 4 is 56.9 Å². The Labute approximate surface area is 248 Å². The van der Waals surface area contributed by atoms with E-state index < -0.39 is 0 Å². The summed E-state index contributed by atoms with van der Waals surface area (Å²) in [5.41, 5.74) is 6.42. The van der Waals surface area contributed by atoms with Crippen LogP contribution >= 0.6 is 23.8 Å². The van der Waals surface area contributed by atoms with Crippen molar-refractivity contribution in [3.05, 3.63) is 130 Å². The molecule has 1 aromatic heterocycles. The van der Waals surface area contributed by atoms with Crippen molar-refractivity contribution in [2.24, 2.45) is 5.10 Å². The minimum Gasteiger partial charge on any atom is -0.378 e. The number of aromatic nitrogens is 1. The molecule has 5 aromatic rings. The molecule has 2 N–H and O–H groups in total. The molecule has 1 aliphatic rings. The number of nitrogens with zero attached hydrogens (tertiary/aromatic N) is 3. The third-order valence-corrected chi connectivity index (χ3v) is 7.79. The van der Waals surface area contributed by atoms with Gasteiger partial charge in [-0.15, -0.1) is 0 Å². The van der Waals surface area contributed by atoms with Gasteiger partial charge in [-0.2, -0.15) is 5.10 Å². The number of thiocarbonyl (C=S) groups is 1. The van der Waals surface area contributed by atoms with Crippen LogP contribution in [-0.4, -0.2) is 34.9 Å². The molecule has 0 radical (unpaired) electrons. The molecule has 1 atom stereocenters. The monoisotopic (exact) mass is 577 g/mol. The summed E-state index contributed by atoms with van der Waals surface area (Å²) in [6, 6.07) is 33.3. The average Bonchev–Trinajstić information content (AvgIpc) is 3.43. The number of nitrogens with one attached hydrogen (secondary N) is 2. The Kier molecular flexibility index (Phi) is 7.30. The molecule has 4 aromatic carbocycles. The fraction of sp³-hybridized carbons (Fsp3) is 0.121. The number of hydrogen-bond donors (Lipinski definition) is 2. The Hall–Kier alpha value is -4.46. The first kappa shape index (κ1) is 26.7. The Bertz CT molecular complexity index is 1820. The number of para-hydroxylation sites is 1. The van der Waals surface area contributed by atoms with Gasteiger partial charge in [0.1, 0.15) is 0 Å². The number of pyridine rings is 1. The number of aromatic amines is 1. The van der Waals surface area contributed by atoms with Crippen LogP contribution in [0.4, 0.5) is 11.4 Å². The summed E-state index contributed by atoms with van der Waals surface area (Å²) in [4.78, 5) is 18.9. The Morgan fingerprint density at radius 3 is 2.32 bits per heavy atom. The fourth-order valence-corrected chi connectivity index (χ4v) is 5.71. The summed E-state index contributed by atoms with van der Waals surface area (Å²) in [5, 5.41) is 12.1. The van der Waals surface area contributed by atoms with Gasteiger partial charge in [-0.3, -0.25) is 4.79 Å². The second kappa shape index (κ2) is 11.2.